The van der Waals surface area contributed by atoms with E-state index in [1.807, 2.05) is 24.3 Å². The van der Waals surface area contributed by atoms with Gasteiger partial charge >= 0.3 is 5.97 Å². The fraction of sp³-hybridized carbons (Fsp3) is 0.562. The molecule has 8 rings (SSSR count). The minimum Gasteiger partial charge on any atom is -0.480 e. The number of nitrogens with one attached hydrogen (secondary N) is 12. The highest BCUT2D eigenvalue weighted by Crippen LogP contribution is 2.26. The number of aromatic nitrogens is 5. The number of hydrogen-bond acceptors (Lipinski definition) is 18. The van der Waals surface area contributed by atoms with Crippen LogP contribution in [0.4, 0.5) is 0 Å². The summed E-state index contributed by atoms with van der Waals surface area (Å²) in [5, 5.41) is 44.7. The van der Waals surface area contributed by atoms with Crippen LogP contribution in [0.15, 0.2) is 55.5 Å². The molecule has 7 heterocycles. The van der Waals surface area contributed by atoms with Crippen LogP contribution < -0.4 is 59.3 Å². The third kappa shape index (κ3) is 19.9. The van der Waals surface area contributed by atoms with Crippen LogP contribution in [-0.2, 0) is 86.4 Å². The SMILES string of the molecule is CC[C@H](C)[C@H](NC(=O)[C@H](CCC(N)=O)NC(=O)[C@@H]1CCCN1C(=O)[C@H](CCC(N)=O)NC(=O)[C@H](CO)NC(=O)CNC(=O)[C@@H]1CCCN1C(=O)[C@H](Cc1cnc[nH]1)NC(=O)[C@H](Cc1cnc[nH]1)NC(=O)[C@H](Cc1c[nH]c2ccccc12)NC(=O)[C@@H]1CCCN1C(=O)[C@@H]1CCCN1)C(=O)O. The average molecular weight is 1380 g/mol. The summed E-state index contributed by atoms with van der Waals surface area (Å²) in [6.07, 6.45) is 8.86. The van der Waals surface area contributed by atoms with Gasteiger partial charge in [0.05, 0.1) is 31.8 Å². The molecular weight excluding hydrogens is 1290 g/mol. The van der Waals surface area contributed by atoms with E-state index >= 15 is 0 Å². The number of amides is 13. The molecule has 4 aliphatic rings. The minimum atomic E-state index is -1.77. The summed E-state index contributed by atoms with van der Waals surface area (Å²) in [7, 11) is 0. The maximum atomic E-state index is 14.9. The van der Waals surface area contributed by atoms with Gasteiger partial charge < -0.3 is 99.2 Å². The normalized spacial score (nSPS) is 19.8. The van der Waals surface area contributed by atoms with Crippen LogP contribution in [0.5, 0.6) is 0 Å². The van der Waals surface area contributed by atoms with E-state index < -0.39 is 175 Å². The molecule has 13 amide bonds. The topological polar surface area (TPSA) is 523 Å². The Hall–Kier alpha value is -10.3. The lowest BCUT2D eigenvalue weighted by Crippen LogP contribution is -2.60. The number of likely N-dealkylation sites (tertiary alicyclic amines) is 3. The third-order valence-corrected chi connectivity index (χ3v) is 18.5. The Bertz CT molecular complexity index is 3560. The first-order valence-electron chi connectivity index (χ1n) is 33.4. The highest BCUT2D eigenvalue weighted by molar-refractivity contribution is 6.00. The lowest BCUT2D eigenvalue weighted by Gasteiger charge is -2.31. The van der Waals surface area contributed by atoms with Crippen LogP contribution in [0.2, 0.25) is 0 Å². The van der Waals surface area contributed by atoms with Gasteiger partial charge in [-0.3, -0.25) is 62.3 Å². The van der Waals surface area contributed by atoms with Crippen LogP contribution in [0, 0.1) is 5.92 Å². The fourth-order valence-electron chi connectivity index (χ4n) is 12.9. The molecule has 35 heteroatoms. The molecule has 0 unspecified atom stereocenters. The summed E-state index contributed by atoms with van der Waals surface area (Å²) in [4.78, 5) is 212. The quantitative estimate of drug-likeness (QED) is 0.0207. The Labute approximate surface area is 568 Å². The van der Waals surface area contributed by atoms with E-state index in [2.05, 4.69) is 72.8 Å². The van der Waals surface area contributed by atoms with E-state index in [-0.39, 0.29) is 70.4 Å². The summed E-state index contributed by atoms with van der Waals surface area (Å²) in [5.41, 5.74) is 13.0. The average Bonchev–Trinajstić information content (AvgIpc) is 1.73. The van der Waals surface area contributed by atoms with Gasteiger partial charge in [0, 0.05) is 92.6 Å². The third-order valence-electron chi connectivity index (χ3n) is 18.5. The molecule has 3 aromatic heterocycles. The van der Waals surface area contributed by atoms with E-state index in [1.54, 1.807) is 24.9 Å². The highest BCUT2D eigenvalue weighted by Gasteiger charge is 2.44. The maximum absolute atomic E-state index is 14.9. The molecule has 536 valence electrons. The van der Waals surface area contributed by atoms with Gasteiger partial charge in [-0.2, -0.15) is 0 Å². The Kier molecular flexibility index (Phi) is 26.5. The Morgan fingerprint density at radius 1 is 0.586 bits per heavy atom. The molecule has 0 saturated carbocycles. The molecule has 0 bridgehead atoms. The molecule has 35 nitrogen and oxygen atoms in total. The summed E-state index contributed by atoms with van der Waals surface area (Å²) in [6.45, 7) is 2.48. The van der Waals surface area contributed by atoms with Crippen molar-refractivity contribution in [3.8, 4) is 0 Å². The molecular formula is C64H89N19O16. The van der Waals surface area contributed by atoms with Gasteiger partial charge in [-0.05, 0) is 88.3 Å². The molecule has 4 aromatic rings. The molecule has 0 spiro atoms. The zero-order valence-electron chi connectivity index (χ0n) is 55.2. The number of carboxylic acids is 1. The smallest absolute Gasteiger partial charge is 0.326 e. The number of para-hydroxylation sites is 1. The van der Waals surface area contributed by atoms with Crippen molar-refractivity contribution in [3.63, 3.8) is 0 Å². The van der Waals surface area contributed by atoms with E-state index in [0.29, 0.717) is 62.1 Å². The predicted molar refractivity (Wildman–Crippen MR) is 349 cm³/mol. The number of H-pyrrole nitrogens is 3. The number of nitrogens with zero attached hydrogens (tertiary/aromatic N) is 5. The fourth-order valence-corrected chi connectivity index (χ4v) is 12.9. The maximum Gasteiger partial charge on any atom is 0.326 e. The van der Waals surface area contributed by atoms with Crippen molar-refractivity contribution >= 4 is 93.7 Å². The Morgan fingerprint density at radius 2 is 1.10 bits per heavy atom. The van der Waals surface area contributed by atoms with Gasteiger partial charge in [-0.25, -0.2) is 14.8 Å². The summed E-state index contributed by atoms with van der Waals surface area (Å²) < 4.78 is 0. The second-order valence-corrected chi connectivity index (χ2v) is 25.4. The number of aliphatic hydroxyl groups excluding tert-OH is 1. The van der Waals surface area contributed by atoms with E-state index in [9.17, 15) is 77.3 Å². The monoisotopic (exact) mass is 1380 g/mol. The number of aliphatic hydroxyl groups is 1. The lowest BCUT2D eigenvalue weighted by molar-refractivity contribution is -0.145. The highest BCUT2D eigenvalue weighted by atomic mass is 16.4. The molecule has 4 aliphatic heterocycles. The van der Waals surface area contributed by atoms with Gasteiger partial charge in [0.1, 0.15) is 60.4 Å². The number of nitrogens with two attached hydrogens (primary N) is 2. The molecule has 0 aliphatic carbocycles. The number of carbonyl (C=O) groups excluding carboxylic acids is 13. The van der Waals surface area contributed by atoms with Crippen molar-refractivity contribution in [2.24, 2.45) is 17.4 Å². The molecule has 1 aromatic carbocycles. The zero-order chi connectivity index (χ0) is 71.4. The van der Waals surface area contributed by atoms with Crippen molar-refractivity contribution in [1.29, 1.82) is 0 Å². The van der Waals surface area contributed by atoms with E-state index in [0.717, 1.165) is 22.2 Å². The van der Waals surface area contributed by atoms with Crippen molar-refractivity contribution in [2.75, 3.05) is 39.3 Å². The van der Waals surface area contributed by atoms with Crippen molar-refractivity contribution in [1.82, 2.24) is 87.5 Å². The van der Waals surface area contributed by atoms with Crippen molar-refractivity contribution in [2.45, 2.75) is 183 Å². The number of aliphatic carboxylic acids is 1. The standard InChI is InChI=1S/C64H89N19O16/c1-3-34(2)53(64(98)99)80-54(88)40(16-18-50(65)85)75-59(93)48-14-9-23-83(48)62(96)42(17-19-51(66)86)76-57(91)46(31-84)74-52(87)30-71-58(92)47-13-7-21-81(47)63(97)45(26-37-29-68-33-73-37)79-56(90)44(25-36-28-67-32-72-36)77-55(89)43(24-35-27-70-39-11-5-4-10-38(35)39)78-60(94)49-15-8-22-82(49)61(95)41-12-6-20-69-41/h4-5,10-11,27-29,32-34,40-49,53,69-70,84H,3,6-9,12-26,30-31H2,1-2H3,(H2,65,85)(H2,66,86)(H,67,72)(H,68,73)(H,71,92)(H,74,87)(H,75,93)(H,76,91)(H,77,89)(H,78,94)(H,79,90)(H,80,88)(H,98,99)/t34-,40-,41-,42-,43-,44-,45-,46-,47-,48-,49-,53-/m0/s1. The number of benzene rings is 1. The van der Waals surface area contributed by atoms with Crippen LogP contribution in [-0.4, -0.2) is 238 Å². The predicted octanol–water partition coefficient (Wildman–Crippen LogP) is -4.47. The Morgan fingerprint density at radius 3 is 1.67 bits per heavy atom. The zero-order valence-corrected chi connectivity index (χ0v) is 55.2. The molecule has 0 radical (unpaired) electrons. The molecule has 12 atom stereocenters. The van der Waals surface area contributed by atoms with Gasteiger partial charge in [-0.15, -0.1) is 0 Å². The van der Waals surface area contributed by atoms with Crippen LogP contribution in [0.3, 0.4) is 0 Å². The number of carbonyl (C=O) groups is 14. The van der Waals surface area contributed by atoms with Gasteiger partial charge in [0.2, 0.25) is 76.8 Å². The summed E-state index contributed by atoms with van der Waals surface area (Å²) >= 11 is 0. The molecule has 4 saturated heterocycles. The second-order valence-electron chi connectivity index (χ2n) is 25.4. The molecule has 4 fully saturated rings. The number of aromatic amines is 3. The second kappa shape index (κ2) is 35.3. The van der Waals surface area contributed by atoms with Crippen LogP contribution >= 0.6 is 0 Å². The number of primary amides is 2. The first-order chi connectivity index (χ1) is 47.4. The number of rotatable bonds is 35. The minimum absolute atomic E-state index is 0.0244. The van der Waals surface area contributed by atoms with E-state index in [1.165, 1.54) is 29.9 Å². The lowest BCUT2D eigenvalue weighted by atomic mass is 9.98. The van der Waals surface area contributed by atoms with Crippen molar-refractivity contribution in [3.05, 3.63) is 72.5 Å². The van der Waals surface area contributed by atoms with Crippen molar-refractivity contribution < 1.29 is 77.3 Å². The number of carboxylic acid groups (broad SMARTS) is 1. The molecule has 99 heavy (non-hydrogen) atoms. The van der Waals surface area contributed by atoms with Gasteiger partial charge in [0.25, 0.3) is 0 Å². The number of fused-ring (bicyclic) bond motifs is 1. The van der Waals surface area contributed by atoms with E-state index in [4.69, 9.17) is 11.5 Å². The summed E-state index contributed by atoms with van der Waals surface area (Å²) in [5.74, 6) is -12.2. The number of hydrogen-bond donors (Lipinski definition) is 16. The van der Waals surface area contributed by atoms with Crippen LogP contribution in [0.1, 0.15) is 114 Å². The first-order valence-corrected chi connectivity index (χ1v) is 33.4. The van der Waals surface area contributed by atoms with Gasteiger partial charge in [0.15, 0.2) is 0 Å². The Balaban J connectivity index is 0.913. The summed E-state index contributed by atoms with van der Waals surface area (Å²) in [6, 6.07) is -6.67. The van der Waals surface area contributed by atoms with Crippen LogP contribution in [0.25, 0.3) is 10.9 Å². The van der Waals surface area contributed by atoms with Gasteiger partial charge in [-0.1, -0.05) is 38.5 Å². The molecule has 18 N–H and O–H groups in total. The largest absolute Gasteiger partial charge is 0.480 e. The number of imidazole rings is 2. The first kappa shape index (κ1) is 74.5.